The Balaban J connectivity index is 0.00000104. The van der Waals surface area contributed by atoms with Crippen molar-refractivity contribution in [1.29, 1.82) is 0 Å². The van der Waals surface area contributed by atoms with Gasteiger partial charge in [-0.1, -0.05) is 12.1 Å². The number of halogens is 2. The number of aryl methyl sites for hydroxylation is 1. The number of benzene rings is 1. The van der Waals surface area contributed by atoms with Crippen molar-refractivity contribution in [1.82, 2.24) is 20.2 Å². The van der Waals surface area contributed by atoms with E-state index in [9.17, 15) is 4.79 Å². The molecule has 132 valence electrons. The molecule has 1 atom stereocenters. The molecule has 1 spiro atoms. The minimum atomic E-state index is -0.0840. The Hall–Kier alpha value is -1.30. The van der Waals surface area contributed by atoms with Gasteiger partial charge in [-0.15, -0.1) is 24.8 Å². The van der Waals surface area contributed by atoms with Gasteiger partial charge in [-0.05, 0) is 37.9 Å². The second-order valence-corrected chi connectivity index (χ2v) is 6.55. The van der Waals surface area contributed by atoms with Crippen molar-refractivity contribution in [3.8, 4) is 0 Å². The summed E-state index contributed by atoms with van der Waals surface area (Å²) in [5, 5.41) is 3.34. The van der Waals surface area contributed by atoms with Crippen LogP contribution in [0.2, 0.25) is 0 Å². The Morgan fingerprint density at radius 1 is 1.21 bits per heavy atom. The summed E-state index contributed by atoms with van der Waals surface area (Å²) >= 11 is 0. The summed E-state index contributed by atoms with van der Waals surface area (Å²) in [7, 11) is 0. The van der Waals surface area contributed by atoms with E-state index in [0.29, 0.717) is 5.91 Å². The lowest BCUT2D eigenvalue weighted by molar-refractivity contribution is -0.135. The molecule has 1 aromatic heterocycles. The smallest absolute Gasteiger partial charge is 0.230 e. The van der Waals surface area contributed by atoms with Crippen molar-refractivity contribution in [3.63, 3.8) is 0 Å². The number of nitrogens with one attached hydrogen (secondary N) is 2. The number of para-hydroxylation sites is 2. The Morgan fingerprint density at radius 3 is 2.79 bits per heavy atom. The predicted octanol–water partition coefficient (Wildman–Crippen LogP) is 2.55. The summed E-state index contributed by atoms with van der Waals surface area (Å²) < 4.78 is 0. The molecule has 5 nitrogen and oxygen atoms in total. The first-order valence-corrected chi connectivity index (χ1v) is 8.21. The Bertz CT molecular complexity index is 664. The highest BCUT2D eigenvalue weighted by Gasteiger charge is 2.47. The summed E-state index contributed by atoms with van der Waals surface area (Å²) in [5.41, 5.74) is 2.02. The molecule has 2 aliphatic heterocycles. The van der Waals surface area contributed by atoms with E-state index in [0.717, 1.165) is 68.7 Å². The molecule has 0 radical (unpaired) electrons. The van der Waals surface area contributed by atoms with E-state index < -0.39 is 0 Å². The van der Waals surface area contributed by atoms with Crippen molar-refractivity contribution < 1.29 is 4.79 Å². The number of likely N-dealkylation sites (tertiary alicyclic amines) is 1. The van der Waals surface area contributed by atoms with Gasteiger partial charge in [0.15, 0.2) is 0 Å². The third-order valence-corrected chi connectivity index (χ3v) is 5.12. The summed E-state index contributed by atoms with van der Waals surface area (Å²) in [4.78, 5) is 22.6. The van der Waals surface area contributed by atoms with Gasteiger partial charge in [-0.3, -0.25) is 4.79 Å². The largest absolute Gasteiger partial charge is 0.342 e. The minimum Gasteiger partial charge on any atom is -0.342 e. The van der Waals surface area contributed by atoms with Crippen LogP contribution in [0.15, 0.2) is 24.3 Å². The van der Waals surface area contributed by atoms with Crippen LogP contribution in [0.25, 0.3) is 11.0 Å². The van der Waals surface area contributed by atoms with Gasteiger partial charge in [-0.2, -0.15) is 0 Å². The number of carbonyl (C=O) groups is 1. The lowest BCUT2D eigenvalue weighted by Crippen LogP contribution is -2.36. The fourth-order valence-electron chi connectivity index (χ4n) is 3.81. The maximum Gasteiger partial charge on any atom is 0.230 e. The number of imidazole rings is 1. The summed E-state index contributed by atoms with van der Waals surface area (Å²) in [6, 6.07) is 8.09. The van der Waals surface area contributed by atoms with Crippen molar-refractivity contribution >= 4 is 41.8 Å². The fourth-order valence-corrected chi connectivity index (χ4v) is 3.81. The highest BCUT2D eigenvalue weighted by atomic mass is 35.5. The monoisotopic (exact) mass is 370 g/mol. The zero-order valence-electron chi connectivity index (χ0n) is 13.6. The van der Waals surface area contributed by atoms with Gasteiger partial charge >= 0.3 is 0 Å². The summed E-state index contributed by atoms with van der Waals surface area (Å²) in [5.74, 6) is 1.38. The van der Waals surface area contributed by atoms with Crippen LogP contribution in [0, 0.1) is 5.41 Å². The number of H-pyrrole nitrogens is 1. The normalized spacial score (nSPS) is 22.8. The van der Waals surface area contributed by atoms with E-state index >= 15 is 0 Å². The second kappa shape index (κ2) is 7.72. The molecule has 24 heavy (non-hydrogen) atoms. The standard InChI is InChI=1S/C17H22N4O.2ClH/c22-16-17(7-9-18-12-17)8-11-21(16)10-3-6-15-19-13-4-1-2-5-14(13)20-15;;/h1-2,4-5,18H,3,6-12H2,(H,19,20);2*1H. The maximum absolute atomic E-state index is 12.6. The van der Waals surface area contributed by atoms with Gasteiger partial charge in [-0.25, -0.2) is 4.98 Å². The third-order valence-electron chi connectivity index (χ3n) is 5.12. The number of rotatable bonds is 4. The Morgan fingerprint density at radius 2 is 2.04 bits per heavy atom. The van der Waals surface area contributed by atoms with Crippen molar-refractivity contribution in [2.24, 2.45) is 5.41 Å². The Labute approximate surface area is 154 Å². The van der Waals surface area contributed by atoms with Crippen LogP contribution in [0.4, 0.5) is 0 Å². The second-order valence-electron chi connectivity index (χ2n) is 6.55. The van der Waals surface area contributed by atoms with Crippen LogP contribution in [-0.2, 0) is 11.2 Å². The van der Waals surface area contributed by atoms with E-state index in [1.165, 1.54) is 0 Å². The number of hydrogen-bond acceptors (Lipinski definition) is 3. The minimum absolute atomic E-state index is 0. The molecule has 0 aliphatic carbocycles. The number of carbonyl (C=O) groups excluding carboxylic acids is 1. The molecular formula is C17H24Cl2N4O. The molecule has 7 heteroatoms. The molecule has 0 saturated carbocycles. The van der Waals surface area contributed by atoms with E-state index in [-0.39, 0.29) is 30.2 Å². The molecular weight excluding hydrogens is 347 g/mol. The molecule has 2 saturated heterocycles. The van der Waals surface area contributed by atoms with Gasteiger partial charge in [0.25, 0.3) is 0 Å². The maximum atomic E-state index is 12.6. The van der Waals surface area contributed by atoms with Gasteiger partial charge in [0.05, 0.1) is 16.4 Å². The van der Waals surface area contributed by atoms with Gasteiger partial charge < -0.3 is 15.2 Å². The average molecular weight is 371 g/mol. The van der Waals surface area contributed by atoms with Crippen LogP contribution in [0.1, 0.15) is 25.1 Å². The van der Waals surface area contributed by atoms with Crippen molar-refractivity contribution in [2.45, 2.75) is 25.7 Å². The van der Waals surface area contributed by atoms with Crippen LogP contribution in [-0.4, -0.2) is 47.0 Å². The third kappa shape index (κ3) is 3.39. The number of hydrogen-bond donors (Lipinski definition) is 2. The van der Waals surface area contributed by atoms with Gasteiger partial charge in [0, 0.05) is 26.1 Å². The average Bonchev–Trinajstić information content (AvgIpc) is 3.23. The molecule has 0 bridgehead atoms. The zero-order valence-corrected chi connectivity index (χ0v) is 15.2. The van der Waals surface area contributed by atoms with E-state index in [1.54, 1.807) is 0 Å². The molecule has 2 aromatic rings. The lowest BCUT2D eigenvalue weighted by Gasteiger charge is -2.21. The predicted molar refractivity (Wildman–Crippen MR) is 100 cm³/mol. The van der Waals surface area contributed by atoms with Crippen LogP contribution in [0.5, 0.6) is 0 Å². The van der Waals surface area contributed by atoms with Crippen LogP contribution in [0.3, 0.4) is 0 Å². The van der Waals surface area contributed by atoms with E-state index in [4.69, 9.17) is 0 Å². The van der Waals surface area contributed by atoms with Crippen LogP contribution >= 0.6 is 24.8 Å². The SMILES string of the molecule is Cl.Cl.O=C1N(CCCc2nc3ccccc3[nH]2)CCC12CCNC2. The highest BCUT2D eigenvalue weighted by molar-refractivity contribution is 5.86. The molecule has 1 aromatic carbocycles. The molecule has 3 heterocycles. The lowest BCUT2D eigenvalue weighted by atomic mass is 9.86. The first-order valence-electron chi connectivity index (χ1n) is 8.21. The van der Waals surface area contributed by atoms with Crippen molar-refractivity contribution in [3.05, 3.63) is 30.1 Å². The number of aromatic nitrogens is 2. The summed E-state index contributed by atoms with van der Waals surface area (Å²) in [6.45, 7) is 3.61. The van der Waals surface area contributed by atoms with Crippen molar-refractivity contribution in [2.75, 3.05) is 26.2 Å². The Kier molecular flexibility index (Phi) is 6.12. The molecule has 1 amide bonds. The van der Waals surface area contributed by atoms with Gasteiger partial charge in [0.1, 0.15) is 5.82 Å². The quantitative estimate of drug-likeness (QED) is 0.869. The van der Waals surface area contributed by atoms with Crippen LogP contribution < -0.4 is 5.32 Å². The first kappa shape index (κ1) is 19.0. The fraction of sp³-hybridized carbons (Fsp3) is 0.529. The molecule has 1 unspecified atom stereocenters. The zero-order chi connectivity index (χ0) is 15.0. The molecule has 2 aliphatic rings. The number of aromatic amines is 1. The highest BCUT2D eigenvalue weighted by Crippen LogP contribution is 2.37. The molecule has 4 rings (SSSR count). The number of nitrogens with zero attached hydrogens (tertiary/aromatic N) is 2. The molecule has 2 fully saturated rings. The summed E-state index contributed by atoms with van der Waals surface area (Å²) in [6.07, 6.45) is 3.88. The van der Waals surface area contributed by atoms with E-state index in [2.05, 4.69) is 20.2 Å². The van der Waals surface area contributed by atoms with Gasteiger partial charge in [0.2, 0.25) is 5.91 Å². The van der Waals surface area contributed by atoms with E-state index in [1.807, 2.05) is 24.3 Å². The molecule has 2 N–H and O–H groups in total. The topological polar surface area (TPSA) is 61.0 Å². The number of amides is 1. The number of fused-ring (bicyclic) bond motifs is 1. The first-order chi connectivity index (χ1) is 10.8.